The summed E-state index contributed by atoms with van der Waals surface area (Å²) in [4.78, 5) is 15.2. The first-order valence-electron chi connectivity index (χ1n) is 17.6. The molecule has 0 spiro atoms. The number of furan rings is 1. The van der Waals surface area contributed by atoms with Crippen molar-refractivity contribution < 1.29 is 9.15 Å². The van der Waals surface area contributed by atoms with Gasteiger partial charge in [0.25, 0.3) is 0 Å². The summed E-state index contributed by atoms with van der Waals surface area (Å²) >= 11 is 0. The van der Waals surface area contributed by atoms with Crippen LogP contribution in [0.3, 0.4) is 0 Å². The molecule has 0 unspecified atom stereocenters. The average molecular weight is 682 g/mol. The summed E-state index contributed by atoms with van der Waals surface area (Å²) in [5.41, 5.74) is 8.45. The predicted octanol–water partition coefficient (Wildman–Crippen LogP) is 12.4. The molecule has 0 aliphatic heterocycles. The van der Waals surface area contributed by atoms with Gasteiger partial charge in [-0.3, -0.25) is 0 Å². The van der Waals surface area contributed by atoms with Crippen LogP contribution >= 0.6 is 0 Å². The molecule has 0 N–H and O–H groups in total. The van der Waals surface area contributed by atoms with Crippen molar-refractivity contribution in [3.05, 3.63) is 170 Å². The molecule has 0 bridgehead atoms. The molecule has 53 heavy (non-hydrogen) atoms. The summed E-state index contributed by atoms with van der Waals surface area (Å²) in [7, 11) is 1.70. The van der Waals surface area contributed by atoms with Crippen molar-refractivity contribution in [1.82, 2.24) is 15.0 Å². The van der Waals surface area contributed by atoms with Crippen LogP contribution in [0.2, 0.25) is 0 Å². The van der Waals surface area contributed by atoms with E-state index in [4.69, 9.17) is 24.1 Å². The number of aromatic nitrogens is 3. The highest BCUT2D eigenvalue weighted by Crippen LogP contribution is 2.42. The molecular formula is C48H31N3O2. The van der Waals surface area contributed by atoms with Gasteiger partial charge >= 0.3 is 0 Å². The summed E-state index contributed by atoms with van der Waals surface area (Å²) in [6.07, 6.45) is 0. The van der Waals surface area contributed by atoms with Gasteiger partial charge in [0, 0.05) is 38.6 Å². The van der Waals surface area contributed by atoms with Crippen molar-refractivity contribution in [2.75, 3.05) is 7.11 Å². The van der Waals surface area contributed by atoms with E-state index in [1.165, 1.54) is 5.39 Å². The molecule has 0 radical (unpaired) electrons. The van der Waals surface area contributed by atoms with Crippen LogP contribution < -0.4 is 4.74 Å². The summed E-state index contributed by atoms with van der Waals surface area (Å²) in [5, 5.41) is 6.87. The third kappa shape index (κ3) is 5.38. The molecule has 0 atom stereocenters. The number of ether oxygens (including phenoxy) is 1. The van der Waals surface area contributed by atoms with E-state index in [0.717, 1.165) is 82.8 Å². The molecule has 5 nitrogen and oxygen atoms in total. The van der Waals surface area contributed by atoms with Gasteiger partial charge in [0.15, 0.2) is 17.5 Å². The zero-order valence-electron chi connectivity index (χ0n) is 28.8. The van der Waals surface area contributed by atoms with E-state index in [1.54, 1.807) is 7.11 Å². The number of para-hydroxylation sites is 1. The van der Waals surface area contributed by atoms with E-state index in [2.05, 4.69) is 115 Å². The number of nitrogens with zero attached hydrogens (tertiary/aromatic N) is 3. The first-order chi connectivity index (χ1) is 26.2. The second kappa shape index (κ2) is 12.6. The highest BCUT2D eigenvalue weighted by molar-refractivity contribution is 6.13. The lowest BCUT2D eigenvalue weighted by molar-refractivity contribution is 0.416. The first kappa shape index (κ1) is 30.7. The van der Waals surface area contributed by atoms with Crippen molar-refractivity contribution in [2.45, 2.75) is 0 Å². The van der Waals surface area contributed by atoms with Crippen LogP contribution in [-0.4, -0.2) is 22.1 Å². The van der Waals surface area contributed by atoms with Crippen molar-refractivity contribution in [1.29, 1.82) is 0 Å². The molecule has 0 aliphatic carbocycles. The fraction of sp³-hybridized carbons (Fsp3) is 0.0208. The molecule has 2 aromatic heterocycles. The van der Waals surface area contributed by atoms with Crippen LogP contribution in [0, 0.1) is 0 Å². The molecule has 250 valence electrons. The predicted molar refractivity (Wildman–Crippen MR) is 216 cm³/mol. The van der Waals surface area contributed by atoms with Crippen LogP contribution in [-0.2, 0) is 0 Å². The van der Waals surface area contributed by atoms with Gasteiger partial charge in [-0.25, -0.2) is 15.0 Å². The van der Waals surface area contributed by atoms with Crippen LogP contribution in [0.4, 0.5) is 0 Å². The Kier molecular flexibility index (Phi) is 7.29. The van der Waals surface area contributed by atoms with E-state index < -0.39 is 0 Å². The highest BCUT2D eigenvalue weighted by atomic mass is 16.5. The number of fused-ring (bicyclic) bond motifs is 5. The Bertz CT molecular complexity index is 2990. The van der Waals surface area contributed by atoms with E-state index in [-0.39, 0.29) is 0 Å². The minimum absolute atomic E-state index is 0.569. The second-order valence-electron chi connectivity index (χ2n) is 13.2. The third-order valence-corrected chi connectivity index (χ3v) is 10.0. The molecule has 5 heteroatoms. The Morgan fingerprint density at radius 1 is 0.415 bits per heavy atom. The summed E-state index contributed by atoms with van der Waals surface area (Å²) in [6.45, 7) is 0. The van der Waals surface area contributed by atoms with E-state index >= 15 is 0 Å². The molecule has 0 saturated carbocycles. The zero-order valence-corrected chi connectivity index (χ0v) is 28.8. The van der Waals surface area contributed by atoms with Gasteiger partial charge in [-0.1, -0.05) is 146 Å². The lowest BCUT2D eigenvalue weighted by atomic mass is 9.95. The highest BCUT2D eigenvalue weighted by Gasteiger charge is 2.20. The zero-order chi connectivity index (χ0) is 35.3. The van der Waals surface area contributed by atoms with E-state index in [9.17, 15) is 0 Å². The van der Waals surface area contributed by atoms with E-state index in [0.29, 0.717) is 17.5 Å². The molecule has 10 rings (SSSR count). The maximum absolute atomic E-state index is 6.55. The second-order valence-corrected chi connectivity index (χ2v) is 13.2. The van der Waals surface area contributed by atoms with Crippen molar-refractivity contribution in [2.24, 2.45) is 0 Å². The Hall–Kier alpha value is -7.11. The van der Waals surface area contributed by atoms with Gasteiger partial charge in [-0.05, 0) is 56.9 Å². The van der Waals surface area contributed by atoms with Gasteiger partial charge in [-0.2, -0.15) is 0 Å². The standard InChI is InChI=1S/C48H31N3O2/c1-52-42-20-10-19-40(48-50-46(33-12-3-2-4-13-33)49-47(51-48)37-26-21-30-11-5-6-14-34(30)27-37)44(42)32-24-22-31(23-25-32)38-17-9-18-39-41-28-35-15-7-8-16-36(35)29-43(41)53-45(38)39/h2-29H,1H3. The Labute approximate surface area is 305 Å². The van der Waals surface area contributed by atoms with Crippen LogP contribution in [0.15, 0.2) is 174 Å². The third-order valence-electron chi connectivity index (χ3n) is 10.0. The smallest absolute Gasteiger partial charge is 0.164 e. The van der Waals surface area contributed by atoms with Crippen LogP contribution in [0.5, 0.6) is 5.75 Å². The number of hydrogen-bond acceptors (Lipinski definition) is 5. The quantitative estimate of drug-likeness (QED) is 0.175. The molecule has 0 fully saturated rings. The largest absolute Gasteiger partial charge is 0.496 e. The van der Waals surface area contributed by atoms with Crippen LogP contribution in [0.25, 0.3) is 99.9 Å². The Morgan fingerprint density at radius 3 is 1.79 bits per heavy atom. The minimum Gasteiger partial charge on any atom is -0.496 e. The van der Waals surface area contributed by atoms with Gasteiger partial charge in [0.05, 0.1) is 7.11 Å². The molecular weight excluding hydrogens is 651 g/mol. The van der Waals surface area contributed by atoms with Gasteiger partial charge in [-0.15, -0.1) is 0 Å². The Morgan fingerprint density at radius 2 is 1.02 bits per heavy atom. The van der Waals surface area contributed by atoms with Crippen molar-refractivity contribution in [3.63, 3.8) is 0 Å². The fourth-order valence-electron chi connectivity index (χ4n) is 7.38. The van der Waals surface area contributed by atoms with Crippen molar-refractivity contribution in [3.8, 4) is 62.2 Å². The number of benzene rings is 8. The molecule has 10 aromatic rings. The van der Waals surface area contributed by atoms with Gasteiger partial charge < -0.3 is 9.15 Å². The molecule has 0 amide bonds. The molecule has 0 aliphatic rings. The van der Waals surface area contributed by atoms with Crippen molar-refractivity contribution >= 4 is 43.5 Å². The minimum atomic E-state index is 0.569. The lowest BCUT2D eigenvalue weighted by Crippen LogP contribution is -2.02. The molecule has 0 saturated heterocycles. The number of hydrogen-bond donors (Lipinski definition) is 0. The van der Waals surface area contributed by atoms with Crippen LogP contribution in [0.1, 0.15) is 0 Å². The summed E-state index contributed by atoms with van der Waals surface area (Å²) in [6, 6.07) is 58.4. The number of rotatable bonds is 6. The Balaban J connectivity index is 1.10. The lowest BCUT2D eigenvalue weighted by Gasteiger charge is -2.15. The average Bonchev–Trinajstić information content (AvgIpc) is 3.60. The molecule has 2 heterocycles. The maximum Gasteiger partial charge on any atom is 0.164 e. The first-order valence-corrected chi connectivity index (χ1v) is 17.6. The summed E-state index contributed by atoms with van der Waals surface area (Å²) < 4.78 is 12.5. The maximum atomic E-state index is 6.55. The topological polar surface area (TPSA) is 61.0 Å². The number of methoxy groups -OCH3 is 1. The fourth-order valence-corrected chi connectivity index (χ4v) is 7.38. The normalized spacial score (nSPS) is 11.5. The van der Waals surface area contributed by atoms with Gasteiger partial charge in [0.1, 0.15) is 16.9 Å². The van der Waals surface area contributed by atoms with Gasteiger partial charge in [0.2, 0.25) is 0 Å². The monoisotopic (exact) mass is 681 g/mol. The van der Waals surface area contributed by atoms with E-state index in [1.807, 2.05) is 54.6 Å². The molecule has 8 aromatic carbocycles. The SMILES string of the molecule is COc1cccc(-c2nc(-c3ccccc3)nc(-c3ccc4ccccc4c3)n2)c1-c1ccc(-c2cccc3c2oc2cc4ccccc4cc23)cc1. The summed E-state index contributed by atoms with van der Waals surface area (Å²) in [5.74, 6) is 2.51.